The van der Waals surface area contributed by atoms with Crippen LogP contribution in [0.3, 0.4) is 0 Å². The summed E-state index contributed by atoms with van der Waals surface area (Å²) in [4.78, 5) is 50.5. The second kappa shape index (κ2) is 16.8. The summed E-state index contributed by atoms with van der Waals surface area (Å²) in [5, 5.41) is 22.2. The molecule has 5 aromatic rings. The first-order valence-corrected chi connectivity index (χ1v) is 22.6. The van der Waals surface area contributed by atoms with Crippen LogP contribution in [0.4, 0.5) is 30.8 Å². The van der Waals surface area contributed by atoms with Crippen LogP contribution < -0.4 is 20.9 Å². The number of phenolic OH excluding ortho intramolecular Hbond substituents is 1. The summed E-state index contributed by atoms with van der Waals surface area (Å²) in [5.74, 6) is 0.164. The second-order valence-electron chi connectivity index (χ2n) is 18.6. The number of benzene rings is 2. The number of nitrogens with zero attached hydrogens (tertiary/aromatic N) is 8. The van der Waals surface area contributed by atoms with Crippen molar-refractivity contribution in [1.29, 1.82) is 0 Å². The molecular formula is C48H54F2N10O4. The van der Waals surface area contributed by atoms with Crippen molar-refractivity contribution in [3.05, 3.63) is 89.2 Å². The molecule has 4 N–H and O–H groups in total. The molecule has 4 saturated heterocycles. The highest BCUT2D eigenvalue weighted by Gasteiger charge is 2.40. The van der Waals surface area contributed by atoms with Gasteiger partial charge in [0.1, 0.15) is 23.2 Å². The van der Waals surface area contributed by atoms with Crippen LogP contribution in [0.1, 0.15) is 96.3 Å². The van der Waals surface area contributed by atoms with Gasteiger partial charge in [0.05, 0.1) is 23.3 Å². The molecule has 10 rings (SSSR count). The highest BCUT2D eigenvalue weighted by atomic mass is 19.1. The van der Waals surface area contributed by atoms with E-state index in [0.717, 1.165) is 60.9 Å². The molecule has 334 valence electrons. The van der Waals surface area contributed by atoms with Gasteiger partial charge in [-0.1, -0.05) is 18.2 Å². The molecule has 3 aromatic heterocycles. The summed E-state index contributed by atoms with van der Waals surface area (Å²) in [6.45, 7) is 5.43. The molecule has 0 bridgehead atoms. The molecule has 14 nitrogen and oxygen atoms in total. The van der Waals surface area contributed by atoms with Gasteiger partial charge in [0.2, 0.25) is 5.91 Å². The number of carbonyl (C=O) groups excluding carboxylic acids is 3. The number of phenols is 1. The lowest BCUT2D eigenvalue weighted by molar-refractivity contribution is -0.120. The van der Waals surface area contributed by atoms with Crippen LogP contribution in [0.25, 0.3) is 22.3 Å². The second-order valence-corrected chi connectivity index (χ2v) is 18.6. The third kappa shape index (κ3) is 8.23. The number of piperidine rings is 3. The summed E-state index contributed by atoms with van der Waals surface area (Å²) >= 11 is 0. The van der Waals surface area contributed by atoms with Gasteiger partial charge in [0, 0.05) is 106 Å². The fraction of sp³-hybridized carbons (Fsp3) is 0.458. The monoisotopic (exact) mass is 872 g/mol. The number of hydrogen-bond acceptors (Lipinski definition) is 10. The number of anilines is 3. The van der Waals surface area contributed by atoms with Gasteiger partial charge in [-0.15, -0.1) is 10.2 Å². The first-order valence-electron chi connectivity index (χ1n) is 22.6. The van der Waals surface area contributed by atoms with Crippen LogP contribution in [0, 0.1) is 6.92 Å². The summed E-state index contributed by atoms with van der Waals surface area (Å²) < 4.78 is 34.2. The maximum absolute atomic E-state index is 16.5. The molecule has 1 aliphatic carbocycles. The summed E-state index contributed by atoms with van der Waals surface area (Å²) in [5.41, 5.74) is 11.6. The van der Waals surface area contributed by atoms with Gasteiger partial charge in [-0.25, -0.2) is 18.6 Å². The van der Waals surface area contributed by atoms with E-state index in [-0.39, 0.29) is 61.1 Å². The van der Waals surface area contributed by atoms with E-state index in [4.69, 9.17) is 10.7 Å². The number of imide groups is 1. The van der Waals surface area contributed by atoms with Crippen LogP contribution in [0.15, 0.2) is 67.0 Å². The predicted octanol–water partition coefficient (Wildman–Crippen LogP) is 7.03. The molecule has 0 unspecified atom stereocenters. The van der Waals surface area contributed by atoms with Crippen LogP contribution in [-0.4, -0.2) is 117 Å². The number of likely N-dealkylation sites (tertiary alicyclic amines) is 2. The zero-order valence-corrected chi connectivity index (χ0v) is 36.1. The number of halogens is 2. The molecule has 2 atom stereocenters. The van der Waals surface area contributed by atoms with Gasteiger partial charge >= 0.3 is 6.03 Å². The molecular weight excluding hydrogens is 819 g/mol. The fourth-order valence-corrected chi connectivity index (χ4v) is 10.5. The van der Waals surface area contributed by atoms with Gasteiger partial charge in [0.25, 0.3) is 5.91 Å². The Labute approximate surface area is 370 Å². The number of nitrogen functional groups attached to an aromatic ring is 1. The van der Waals surface area contributed by atoms with E-state index < -0.39 is 17.9 Å². The van der Waals surface area contributed by atoms with Crippen LogP contribution in [0.5, 0.6) is 5.75 Å². The number of aryl methyl sites for hydroxylation is 1. The van der Waals surface area contributed by atoms with Gasteiger partial charge in [-0.2, -0.15) is 0 Å². The number of para-hydroxylation sites is 1. The Hall–Kier alpha value is -6.16. The lowest BCUT2D eigenvalue weighted by Gasteiger charge is -2.41. The minimum Gasteiger partial charge on any atom is -0.507 e. The average Bonchev–Trinajstić information content (AvgIpc) is 4.06. The first kappa shape index (κ1) is 41.8. The van der Waals surface area contributed by atoms with E-state index in [1.54, 1.807) is 46.3 Å². The van der Waals surface area contributed by atoms with E-state index in [9.17, 15) is 19.5 Å². The molecule has 64 heavy (non-hydrogen) atoms. The summed E-state index contributed by atoms with van der Waals surface area (Å²) in [6.07, 6.45) is 7.96. The number of aromatic hydroxyl groups is 1. The van der Waals surface area contributed by atoms with Gasteiger partial charge < -0.3 is 30.1 Å². The quantitative estimate of drug-likeness (QED) is 0.140. The number of pyridine rings is 1. The molecule has 16 heteroatoms. The van der Waals surface area contributed by atoms with Gasteiger partial charge in [-0.05, 0) is 98.0 Å². The molecule has 5 fully saturated rings. The third-order valence-electron chi connectivity index (χ3n) is 14.2. The molecule has 0 spiro atoms. The number of amides is 4. The largest absolute Gasteiger partial charge is 0.507 e. The van der Waals surface area contributed by atoms with Gasteiger partial charge in [-0.3, -0.25) is 19.8 Å². The Morgan fingerprint density at radius 3 is 2.45 bits per heavy atom. The highest BCUT2D eigenvalue weighted by molar-refractivity contribution is 6.06. The Kier molecular flexibility index (Phi) is 11.0. The zero-order chi connectivity index (χ0) is 44.3. The Balaban J connectivity index is 0.745. The van der Waals surface area contributed by atoms with E-state index in [2.05, 4.69) is 31.2 Å². The van der Waals surface area contributed by atoms with Crippen molar-refractivity contribution in [2.45, 2.75) is 88.0 Å². The van der Waals surface area contributed by atoms with Crippen molar-refractivity contribution in [3.8, 4) is 17.0 Å². The number of carbonyl (C=O) groups is 3. The number of aromatic nitrogens is 4. The number of alkyl halides is 2. The van der Waals surface area contributed by atoms with E-state index in [1.807, 2.05) is 36.1 Å². The SMILES string of the molecule is Cc1cc(C(=O)N2CCC(F)(CN3CCC(n4cc(C5CC5)c5cc(N6CCC(=O)NC6=O)cnc54)CC3)CC2)ccc1[C@H]1C[C@@H](F)CN(c2cc(-c3ccccc3O)nnc2N)C1. The first-order chi connectivity index (χ1) is 30.9. The van der Waals surface area contributed by atoms with E-state index in [0.29, 0.717) is 73.3 Å². The van der Waals surface area contributed by atoms with Crippen LogP contribution in [-0.2, 0) is 4.79 Å². The van der Waals surface area contributed by atoms with E-state index >= 15 is 8.78 Å². The highest BCUT2D eigenvalue weighted by Crippen LogP contribution is 2.46. The van der Waals surface area contributed by atoms with E-state index in [1.165, 1.54) is 5.56 Å². The molecule has 1 saturated carbocycles. The van der Waals surface area contributed by atoms with Crippen molar-refractivity contribution < 1.29 is 28.3 Å². The Bertz CT molecular complexity index is 2620. The van der Waals surface area contributed by atoms with Crippen LogP contribution >= 0.6 is 0 Å². The Morgan fingerprint density at radius 2 is 1.72 bits per heavy atom. The molecule has 2 aromatic carbocycles. The lowest BCUT2D eigenvalue weighted by Crippen LogP contribution is -2.51. The maximum Gasteiger partial charge on any atom is 0.328 e. The number of rotatable bonds is 9. The molecule has 4 aliphatic heterocycles. The normalized spacial score (nSPS) is 22.3. The maximum atomic E-state index is 16.5. The summed E-state index contributed by atoms with van der Waals surface area (Å²) in [7, 11) is 0. The minimum atomic E-state index is -1.39. The molecule has 0 radical (unpaired) electrons. The molecule has 5 aliphatic rings. The smallest absolute Gasteiger partial charge is 0.328 e. The number of urea groups is 1. The zero-order valence-electron chi connectivity index (χ0n) is 36.1. The number of fused-ring (bicyclic) bond motifs is 1. The van der Waals surface area contributed by atoms with Gasteiger partial charge in [0.15, 0.2) is 5.82 Å². The third-order valence-corrected chi connectivity index (χ3v) is 14.2. The number of hydrogen-bond donors (Lipinski definition) is 3. The van der Waals surface area contributed by atoms with Crippen LogP contribution in [0.2, 0.25) is 0 Å². The standard InChI is InChI=1S/C48H54F2N10O4/c1-29-20-31(8-9-36(29)32-21-33(49)26-58(25-32)41-23-40(54-55-44(41)51)37-4-2-3-5-42(37)61)46(63)57-18-13-48(50,14-19-57)28-56-15-10-34(11-16-56)60-27-39(30-6-7-30)38-22-35(24-52-45(38)60)59-17-12-43(62)53-47(59)64/h2-5,8-9,20,22-24,27,30,32-34,61H,6-7,10-19,21,25-26,28H2,1H3,(H2,51,55)(H,53,62,64)/t32-,33+/m0/s1. The minimum absolute atomic E-state index is 0.0624. The lowest BCUT2D eigenvalue weighted by atomic mass is 9.86. The Morgan fingerprint density at radius 1 is 0.938 bits per heavy atom. The summed E-state index contributed by atoms with van der Waals surface area (Å²) in [6, 6.07) is 16.0. The van der Waals surface area contributed by atoms with Crippen molar-refractivity contribution in [1.82, 2.24) is 34.9 Å². The molecule has 7 heterocycles. The topological polar surface area (TPSA) is 166 Å². The van der Waals surface area contributed by atoms with Crippen molar-refractivity contribution >= 4 is 46.1 Å². The van der Waals surface area contributed by atoms with Crippen molar-refractivity contribution in [2.75, 3.05) is 67.9 Å². The molecule has 4 amide bonds. The van der Waals surface area contributed by atoms with Crippen molar-refractivity contribution in [2.24, 2.45) is 0 Å². The predicted molar refractivity (Wildman–Crippen MR) is 240 cm³/mol. The van der Waals surface area contributed by atoms with Crippen molar-refractivity contribution in [3.63, 3.8) is 0 Å². The fourth-order valence-electron chi connectivity index (χ4n) is 10.5. The number of nitrogens with one attached hydrogen (secondary N) is 1. The number of nitrogens with two attached hydrogens (primary N) is 1. The average molecular weight is 873 g/mol.